The zero-order chi connectivity index (χ0) is 15.5. The highest BCUT2D eigenvalue weighted by molar-refractivity contribution is 5.68. The fourth-order valence-corrected chi connectivity index (χ4v) is 2.61. The van der Waals surface area contributed by atoms with Crippen LogP contribution in [0.1, 0.15) is 53.4 Å². The summed E-state index contributed by atoms with van der Waals surface area (Å²) >= 11 is 0. The van der Waals surface area contributed by atoms with Gasteiger partial charge in [-0.2, -0.15) is 0 Å². The van der Waals surface area contributed by atoms with E-state index in [-0.39, 0.29) is 6.09 Å². The number of rotatable bonds is 5. The molecule has 0 saturated heterocycles. The lowest BCUT2D eigenvalue weighted by Gasteiger charge is -2.30. The van der Waals surface area contributed by atoms with Gasteiger partial charge in [-0.05, 0) is 46.5 Å². The van der Waals surface area contributed by atoms with Gasteiger partial charge in [-0.1, -0.05) is 24.5 Å². The summed E-state index contributed by atoms with van der Waals surface area (Å²) in [6.07, 6.45) is 7.05. The molecule has 2 aliphatic rings. The quantitative estimate of drug-likeness (QED) is 0.791. The zero-order valence-corrected chi connectivity index (χ0v) is 13.9. The number of carbonyl (C=O) groups excluding carboxylic acids is 1. The van der Waals surface area contributed by atoms with E-state index in [2.05, 4.69) is 18.3 Å². The fraction of sp³-hybridized carbons (Fsp3) is 0.824. The van der Waals surface area contributed by atoms with E-state index in [0.29, 0.717) is 12.6 Å². The summed E-state index contributed by atoms with van der Waals surface area (Å²) in [4.78, 5) is 13.8. The van der Waals surface area contributed by atoms with Gasteiger partial charge in [-0.25, -0.2) is 4.79 Å². The number of nitrogens with zero attached hydrogens (tertiary/aromatic N) is 1. The first-order valence-electron chi connectivity index (χ1n) is 8.23. The van der Waals surface area contributed by atoms with E-state index < -0.39 is 5.60 Å². The molecule has 0 aromatic rings. The molecule has 4 heteroatoms. The lowest BCUT2D eigenvalue weighted by molar-refractivity contribution is 0.0265. The van der Waals surface area contributed by atoms with Crippen molar-refractivity contribution in [2.45, 2.75) is 65.0 Å². The molecular formula is C17H30N2O2. The second-order valence-corrected chi connectivity index (χ2v) is 7.50. The molecule has 1 unspecified atom stereocenters. The number of carbonyl (C=O) groups is 1. The number of hydrogen-bond acceptors (Lipinski definition) is 3. The molecular weight excluding hydrogens is 264 g/mol. The summed E-state index contributed by atoms with van der Waals surface area (Å²) in [6, 6.07) is 0.599. The molecule has 0 aromatic carbocycles. The van der Waals surface area contributed by atoms with Gasteiger partial charge < -0.3 is 15.0 Å². The van der Waals surface area contributed by atoms with Crippen LogP contribution in [0.3, 0.4) is 0 Å². The van der Waals surface area contributed by atoms with Gasteiger partial charge in [0.25, 0.3) is 0 Å². The van der Waals surface area contributed by atoms with Crippen molar-refractivity contribution < 1.29 is 9.53 Å². The van der Waals surface area contributed by atoms with Gasteiger partial charge in [0, 0.05) is 25.7 Å². The van der Waals surface area contributed by atoms with E-state index in [4.69, 9.17) is 4.74 Å². The zero-order valence-electron chi connectivity index (χ0n) is 13.9. The Hall–Kier alpha value is -1.03. The van der Waals surface area contributed by atoms with Crippen molar-refractivity contribution in [2.75, 3.05) is 19.6 Å². The minimum atomic E-state index is -0.416. The van der Waals surface area contributed by atoms with Crippen LogP contribution in [0.4, 0.5) is 4.79 Å². The normalized spacial score (nSPS) is 21.0. The van der Waals surface area contributed by atoms with Gasteiger partial charge >= 0.3 is 6.09 Å². The summed E-state index contributed by atoms with van der Waals surface area (Å²) in [5.41, 5.74) is 0.999. The third-order valence-corrected chi connectivity index (χ3v) is 4.02. The van der Waals surface area contributed by atoms with Crippen molar-refractivity contribution in [3.63, 3.8) is 0 Å². The third kappa shape index (κ3) is 6.08. The minimum Gasteiger partial charge on any atom is -0.444 e. The van der Waals surface area contributed by atoms with Crippen molar-refractivity contribution in [1.82, 2.24) is 10.2 Å². The maximum atomic E-state index is 12.0. The van der Waals surface area contributed by atoms with E-state index in [0.717, 1.165) is 25.4 Å². The van der Waals surface area contributed by atoms with Crippen LogP contribution < -0.4 is 5.32 Å². The molecule has 120 valence electrons. The Bertz CT molecular complexity index is 394. The highest BCUT2D eigenvalue weighted by Gasteiger charge is 2.25. The summed E-state index contributed by atoms with van der Waals surface area (Å²) in [5.74, 6) is 0.968. The van der Waals surface area contributed by atoms with E-state index in [1.807, 2.05) is 20.8 Å². The molecule has 0 bridgehead atoms. The van der Waals surface area contributed by atoms with Crippen molar-refractivity contribution in [3.8, 4) is 0 Å². The van der Waals surface area contributed by atoms with Gasteiger partial charge in [-0.3, -0.25) is 0 Å². The Morgan fingerprint density at radius 1 is 1.48 bits per heavy atom. The van der Waals surface area contributed by atoms with Crippen LogP contribution in [0.15, 0.2) is 11.6 Å². The Morgan fingerprint density at radius 2 is 2.19 bits per heavy atom. The molecule has 1 aliphatic carbocycles. The average Bonchev–Trinajstić information content (AvgIpc) is 3.19. The molecule has 0 spiro atoms. The fourth-order valence-electron chi connectivity index (χ4n) is 2.61. The van der Waals surface area contributed by atoms with Crippen LogP contribution >= 0.6 is 0 Å². The van der Waals surface area contributed by atoms with Crippen LogP contribution in [0, 0.1) is 5.92 Å². The summed E-state index contributed by atoms with van der Waals surface area (Å²) < 4.78 is 5.40. The smallest absolute Gasteiger partial charge is 0.410 e. The molecule has 1 heterocycles. The molecule has 1 saturated carbocycles. The Labute approximate surface area is 128 Å². The molecule has 0 aromatic heterocycles. The molecule has 21 heavy (non-hydrogen) atoms. The lowest BCUT2D eigenvalue weighted by atomic mass is 10.1. The van der Waals surface area contributed by atoms with Crippen LogP contribution in [0.5, 0.6) is 0 Å². The van der Waals surface area contributed by atoms with E-state index in [1.54, 1.807) is 4.90 Å². The largest absolute Gasteiger partial charge is 0.444 e. The first kappa shape index (κ1) is 16.3. The summed E-state index contributed by atoms with van der Waals surface area (Å²) in [5, 5.41) is 3.60. The standard InChI is InChI=1S/C17H30N2O2/c1-13(11-14-5-6-14)18-12-15-7-9-19(10-8-15)16(20)21-17(2,3)4/h7,13-14,18H,5-6,8-12H2,1-4H3. The third-order valence-electron chi connectivity index (χ3n) is 4.02. The topological polar surface area (TPSA) is 41.6 Å². The summed E-state index contributed by atoms with van der Waals surface area (Å²) in [6.45, 7) is 10.4. The number of hydrogen-bond donors (Lipinski definition) is 1. The van der Waals surface area contributed by atoms with Crippen LogP contribution in [-0.4, -0.2) is 42.3 Å². The molecule has 1 N–H and O–H groups in total. The minimum absolute atomic E-state index is 0.201. The van der Waals surface area contributed by atoms with Gasteiger partial charge in [0.2, 0.25) is 0 Å². The van der Waals surface area contributed by atoms with Crippen molar-refractivity contribution >= 4 is 6.09 Å². The number of amides is 1. The molecule has 2 rings (SSSR count). The Morgan fingerprint density at radius 3 is 2.71 bits per heavy atom. The molecule has 1 amide bonds. The second-order valence-electron chi connectivity index (χ2n) is 7.50. The molecule has 4 nitrogen and oxygen atoms in total. The first-order valence-corrected chi connectivity index (χ1v) is 8.23. The van der Waals surface area contributed by atoms with Crippen molar-refractivity contribution in [3.05, 3.63) is 11.6 Å². The maximum absolute atomic E-state index is 12.0. The highest BCUT2D eigenvalue weighted by atomic mass is 16.6. The number of nitrogens with one attached hydrogen (secondary N) is 1. The van der Waals surface area contributed by atoms with Crippen molar-refractivity contribution in [1.29, 1.82) is 0 Å². The maximum Gasteiger partial charge on any atom is 0.410 e. The van der Waals surface area contributed by atoms with Crippen LogP contribution in [0.2, 0.25) is 0 Å². The Balaban J connectivity index is 1.69. The van der Waals surface area contributed by atoms with Gasteiger partial charge in [0.1, 0.15) is 5.60 Å². The predicted molar refractivity (Wildman–Crippen MR) is 85.3 cm³/mol. The van der Waals surface area contributed by atoms with Gasteiger partial charge in [-0.15, -0.1) is 0 Å². The van der Waals surface area contributed by atoms with Crippen LogP contribution in [-0.2, 0) is 4.74 Å². The molecule has 1 atom stereocenters. The highest BCUT2D eigenvalue weighted by Crippen LogP contribution is 2.33. The van der Waals surface area contributed by atoms with Crippen LogP contribution in [0.25, 0.3) is 0 Å². The van der Waals surface area contributed by atoms with Gasteiger partial charge in [0.05, 0.1) is 0 Å². The molecule has 0 radical (unpaired) electrons. The lowest BCUT2D eigenvalue weighted by Crippen LogP contribution is -2.40. The van der Waals surface area contributed by atoms with E-state index in [1.165, 1.54) is 24.8 Å². The van der Waals surface area contributed by atoms with Gasteiger partial charge in [0.15, 0.2) is 0 Å². The second kappa shape index (κ2) is 6.82. The molecule has 1 aliphatic heterocycles. The number of ether oxygens (including phenoxy) is 1. The SMILES string of the molecule is CC(CC1CC1)NCC1=CCN(C(=O)OC(C)(C)C)CC1. The Kier molecular flexibility index (Phi) is 5.31. The first-order chi connectivity index (χ1) is 9.83. The average molecular weight is 294 g/mol. The monoisotopic (exact) mass is 294 g/mol. The van der Waals surface area contributed by atoms with E-state index in [9.17, 15) is 4.79 Å². The molecule has 1 fully saturated rings. The van der Waals surface area contributed by atoms with Crippen molar-refractivity contribution in [2.24, 2.45) is 5.92 Å². The van der Waals surface area contributed by atoms with E-state index >= 15 is 0 Å². The summed E-state index contributed by atoms with van der Waals surface area (Å²) in [7, 11) is 0. The predicted octanol–water partition coefficient (Wildman–Crippen LogP) is 3.33.